The predicted molar refractivity (Wildman–Crippen MR) is 94.5 cm³/mol. The highest BCUT2D eigenvalue weighted by atomic mass is 35.5. The molecule has 2 aromatic rings. The number of halogens is 1. The molecule has 1 saturated heterocycles. The van der Waals surface area contributed by atoms with Crippen LogP contribution >= 0.6 is 35.1 Å². The molecular weight excluding hydrogens is 320 g/mol. The van der Waals surface area contributed by atoms with Crippen LogP contribution in [0.2, 0.25) is 5.02 Å². The molecule has 0 saturated carbocycles. The summed E-state index contributed by atoms with van der Waals surface area (Å²) in [6, 6.07) is 16.3. The van der Waals surface area contributed by atoms with Gasteiger partial charge in [0, 0.05) is 5.02 Å². The van der Waals surface area contributed by atoms with Gasteiger partial charge >= 0.3 is 0 Å². The third-order valence-corrected chi connectivity index (χ3v) is 6.57. The maximum Gasteiger partial charge on any atom is 0.119 e. The molecule has 0 unspecified atom stereocenters. The highest BCUT2D eigenvalue weighted by Crippen LogP contribution is 2.43. The molecule has 0 atom stereocenters. The second kappa shape index (κ2) is 7.48. The van der Waals surface area contributed by atoms with E-state index in [9.17, 15) is 0 Å². The van der Waals surface area contributed by atoms with Gasteiger partial charge in [0.1, 0.15) is 12.4 Å². The Morgan fingerprint density at radius 2 is 1.62 bits per heavy atom. The lowest BCUT2D eigenvalue weighted by atomic mass is 10.2. The van der Waals surface area contributed by atoms with Crippen LogP contribution in [-0.4, -0.2) is 11.5 Å². The van der Waals surface area contributed by atoms with Crippen LogP contribution in [0.3, 0.4) is 0 Å². The molecule has 4 heteroatoms. The first-order valence-corrected chi connectivity index (χ1v) is 9.49. The number of rotatable bonds is 4. The summed E-state index contributed by atoms with van der Waals surface area (Å²) in [5.41, 5.74) is 2.52. The summed E-state index contributed by atoms with van der Waals surface area (Å²) >= 11 is 9.96. The highest BCUT2D eigenvalue weighted by molar-refractivity contribution is 8.16. The molecule has 1 nitrogen and oxygen atoms in total. The van der Waals surface area contributed by atoms with Crippen molar-refractivity contribution in [1.82, 2.24) is 0 Å². The lowest BCUT2D eigenvalue weighted by Crippen LogP contribution is -2.00. The fourth-order valence-corrected chi connectivity index (χ4v) is 5.17. The molecule has 110 valence electrons. The molecule has 0 amide bonds. The Hall–Kier alpha value is -0.770. The van der Waals surface area contributed by atoms with Crippen LogP contribution < -0.4 is 4.74 Å². The Kier molecular flexibility index (Phi) is 5.39. The van der Waals surface area contributed by atoms with Gasteiger partial charge in [-0.05, 0) is 53.3 Å². The van der Waals surface area contributed by atoms with E-state index in [0.29, 0.717) is 11.2 Å². The van der Waals surface area contributed by atoms with E-state index in [1.807, 2.05) is 47.8 Å². The van der Waals surface area contributed by atoms with E-state index in [0.717, 1.165) is 16.3 Å². The molecule has 1 fully saturated rings. The molecule has 0 aromatic heterocycles. The molecule has 0 N–H and O–H groups in total. The van der Waals surface area contributed by atoms with Gasteiger partial charge in [0.25, 0.3) is 0 Å². The summed E-state index contributed by atoms with van der Waals surface area (Å²) in [5, 5.41) is 0.755. The molecule has 1 heterocycles. The summed E-state index contributed by atoms with van der Waals surface area (Å²) in [6.07, 6.45) is 1.33. The van der Waals surface area contributed by atoms with Gasteiger partial charge in [0.2, 0.25) is 0 Å². The monoisotopic (exact) mass is 336 g/mol. The molecule has 3 rings (SSSR count). The van der Waals surface area contributed by atoms with Crippen molar-refractivity contribution in [1.29, 1.82) is 0 Å². The quantitative estimate of drug-likeness (QED) is 0.699. The molecule has 0 spiro atoms. The van der Waals surface area contributed by atoms with E-state index in [4.69, 9.17) is 16.3 Å². The molecule has 1 aliphatic heterocycles. The Bertz CT molecular complexity index is 562. The Morgan fingerprint density at radius 3 is 2.29 bits per heavy atom. The van der Waals surface area contributed by atoms with Crippen LogP contribution in [-0.2, 0) is 6.61 Å². The van der Waals surface area contributed by atoms with Gasteiger partial charge in [-0.15, -0.1) is 23.5 Å². The first-order chi connectivity index (χ1) is 10.3. The summed E-state index contributed by atoms with van der Waals surface area (Å²) in [6.45, 7) is 0.573. The van der Waals surface area contributed by atoms with Gasteiger partial charge in [-0.3, -0.25) is 0 Å². The van der Waals surface area contributed by atoms with Crippen molar-refractivity contribution >= 4 is 35.1 Å². The van der Waals surface area contributed by atoms with Crippen LogP contribution in [0.1, 0.15) is 22.1 Å². The number of hydrogen-bond acceptors (Lipinski definition) is 3. The Balaban J connectivity index is 1.57. The number of benzene rings is 2. The molecule has 2 aromatic carbocycles. The van der Waals surface area contributed by atoms with E-state index in [-0.39, 0.29) is 0 Å². The molecular formula is C17H17ClOS2. The van der Waals surface area contributed by atoms with Crippen LogP contribution in [0.5, 0.6) is 5.75 Å². The number of thioether (sulfide) groups is 2. The van der Waals surface area contributed by atoms with E-state index in [1.54, 1.807) is 0 Å². The Labute approximate surface area is 139 Å². The zero-order valence-corrected chi connectivity index (χ0v) is 14.0. The molecule has 0 aliphatic carbocycles. The van der Waals surface area contributed by atoms with Gasteiger partial charge in [-0.25, -0.2) is 0 Å². The fraction of sp³-hybridized carbons (Fsp3) is 0.294. The van der Waals surface area contributed by atoms with Crippen molar-refractivity contribution in [2.45, 2.75) is 17.6 Å². The van der Waals surface area contributed by atoms with Gasteiger partial charge in [0.15, 0.2) is 0 Å². The lowest BCUT2D eigenvalue weighted by Gasteiger charge is -2.21. The first-order valence-electron chi connectivity index (χ1n) is 7.02. The van der Waals surface area contributed by atoms with Crippen LogP contribution in [0.25, 0.3) is 0 Å². The predicted octanol–water partition coefficient (Wildman–Crippen LogP) is 5.79. The minimum Gasteiger partial charge on any atom is -0.489 e. The fourth-order valence-electron chi connectivity index (χ4n) is 2.15. The maximum absolute atomic E-state index is 5.88. The van der Waals surface area contributed by atoms with Crippen molar-refractivity contribution in [3.63, 3.8) is 0 Å². The van der Waals surface area contributed by atoms with Crippen molar-refractivity contribution in [3.05, 3.63) is 64.7 Å². The normalized spacial score (nSPS) is 15.9. The minimum absolute atomic E-state index is 0.573. The van der Waals surface area contributed by atoms with Gasteiger partial charge < -0.3 is 4.74 Å². The Morgan fingerprint density at radius 1 is 0.952 bits per heavy atom. The minimum atomic E-state index is 0.573. The third kappa shape index (κ3) is 4.35. The standard InChI is InChI=1S/C17H17ClOS2/c18-15-6-2-13(3-7-15)12-19-16-8-4-14(5-9-16)17-20-10-1-11-21-17/h2-9,17H,1,10-12H2. The van der Waals surface area contributed by atoms with Crippen molar-refractivity contribution in [2.24, 2.45) is 0 Å². The van der Waals surface area contributed by atoms with Crippen molar-refractivity contribution in [3.8, 4) is 5.75 Å². The van der Waals surface area contributed by atoms with Crippen LogP contribution in [0.4, 0.5) is 0 Å². The van der Waals surface area contributed by atoms with Gasteiger partial charge in [0.05, 0.1) is 4.58 Å². The SMILES string of the molecule is Clc1ccc(COc2ccc(C3SCCCS3)cc2)cc1. The van der Waals surface area contributed by atoms with E-state index in [2.05, 4.69) is 24.3 Å². The summed E-state index contributed by atoms with van der Waals surface area (Å²) in [7, 11) is 0. The zero-order chi connectivity index (χ0) is 14.5. The van der Waals surface area contributed by atoms with Crippen LogP contribution in [0, 0.1) is 0 Å². The summed E-state index contributed by atoms with van der Waals surface area (Å²) in [4.78, 5) is 0. The summed E-state index contributed by atoms with van der Waals surface area (Å²) < 4.78 is 6.40. The van der Waals surface area contributed by atoms with Crippen LogP contribution in [0.15, 0.2) is 48.5 Å². The molecule has 0 radical (unpaired) electrons. The smallest absolute Gasteiger partial charge is 0.119 e. The molecule has 21 heavy (non-hydrogen) atoms. The van der Waals surface area contributed by atoms with Gasteiger partial charge in [-0.1, -0.05) is 35.9 Å². The van der Waals surface area contributed by atoms with Crippen molar-refractivity contribution in [2.75, 3.05) is 11.5 Å². The third-order valence-electron chi connectivity index (χ3n) is 3.30. The average Bonchev–Trinajstić information content (AvgIpc) is 2.56. The largest absolute Gasteiger partial charge is 0.489 e. The molecule has 1 aliphatic rings. The van der Waals surface area contributed by atoms with Gasteiger partial charge in [-0.2, -0.15) is 0 Å². The topological polar surface area (TPSA) is 9.23 Å². The number of hydrogen-bond donors (Lipinski definition) is 0. The average molecular weight is 337 g/mol. The van der Waals surface area contributed by atoms with Crippen molar-refractivity contribution < 1.29 is 4.74 Å². The summed E-state index contributed by atoms with van der Waals surface area (Å²) in [5.74, 6) is 3.46. The second-order valence-electron chi connectivity index (χ2n) is 4.91. The number of ether oxygens (including phenoxy) is 1. The van der Waals surface area contributed by atoms with E-state index < -0.39 is 0 Å². The zero-order valence-electron chi connectivity index (χ0n) is 11.6. The van der Waals surface area contributed by atoms with E-state index >= 15 is 0 Å². The first kappa shape index (κ1) is 15.1. The highest BCUT2D eigenvalue weighted by Gasteiger charge is 2.16. The second-order valence-corrected chi connectivity index (χ2v) is 8.07. The van der Waals surface area contributed by atoms with E-state index in [1.165, 1.54) is 23.5 Å². The molecule has 0 bridgehead atoms. The maximum atomic E-state index is 5.88. The lowest BCUT2D eigenvalue weighted by molar-refractivity contribution is 0.306.